The number of hydrogen-bond donors (Lipinski definition) is 2. The lowest BCUT2D eigenvalue weighted by Crippen LogP contribution is -2.52. The fraction of sp³-hybridized carbons (Fsp3) is 0.455. The highest BCUT2D eigenvalue weighted by molar-refractivity contribution is 7.92. The Morgan fingerprint density at radius 2 is 1.73 bits per heavy atom. The molecule has 2 aromatic heterocycles. The van der Waals surface area contributed by atoms with E-state index in [4.69, 9.17) is 10.5 Å². The van der Waals surface area contributed by atoms with Crippen LogP contribution in [0.3, 0.4) is 0 Å². The average Bonchev–Trinajstić information content (AvgIpc) is 3.47. The number of hydrogen-bond acceptors (Lipinski definition) is 10. The zero-order chi connectivity index (χ0) is 31.7. The number of nitrogens with two attached hydrogens (primary N) is 1. The number of piperidine rings is 1. The summed E-state index contributed by atoms with van der Waals surface area (Å²) in [4.78, 5) is 16.8. The predicted octanol–water partition coefficient (Wildman–Crippen LogP) is 4.02. The molecule has 0 unspecified atom stereocenters. The summed E-state index contributed by atoms with van der Waals surface area (Å²) in [5, 5.41) is 2.82. The summed E-state index contributed by atoms with van der Waals surface area (Å²) in [5.41, 5.74) is 10.2. The summed E-state index contributed by atoms with van der Waals surface area (Å²) in [6.07, 6.45) is 4.25. The van der Waals surface area contributed by atoms with Crippen molar-refractivity contribution in [1.29, 1.82) is 0 Å². The first-order valence-electron chi connectivity index (χ1n) is 15.7. The molecule has 0 radical (unpaired) electrons. The number of anilines is 3. The number of piperazine rings is 1. The molecule has 2 aliphatic heterocycles. The molecule has 2 fully saturated rings. The normalized spacial score (nSPS) is 17.3. The van der Waals surface area contributed by atoms with Gasteiger partial charge < -0.3 is 30.2 Å². The maximum Gasteiger partial charge on any atom is 0.222 e. The van der Waals surface area contributed by atoms with Crippen LogP contribution in [0, 0.1) is 0 Å². The number of aromatic nitrogens is 3. The largest absolute Gasteiger partial charge is 0.494 e. The number of ether oxygens (including phenoxy) is 1. The molecule has 0 atom stereocenters. The number of nitrogens with zero attached hydrogens (tertiary/aromatic N) is 6. The standard InChI is InChI=1S/C33H44N8O3S/c1-23(2)45(42,43)30-8-6-5-7-24(30)22-35-32-31-27(36-33(34)37-32)13-16-41(31)28-10-9-26(21-29(28)44-4)39-14-11-25(12-15-39)40-19-17-38(3)18-20-40/h5-10,13,16,21,23,25H,11-12,14-15,17-20,22H2,1-4H3,(H3,34,35,36,37). The number of sulfone groups is 1. The lowest BCUT2D eigenvalue weighted by molar-refractivity contribution is 0.0982. The summed E-state index contributed by atoms with van der Waals surface area (Å²) in [6, 6.07) is 15.9. The van der Waals surface area contributed by atoms with Crippen LogP contribution in [0.25, 0.3) is 16.7 Å². The Morgan fingerprint density at radius 1 is 1.00 bits per heavy atom. The third-order valence-electron chi connectivity index (χ3n) is 9.20. The van der Waals surface area contributed by atoms with Gasteiger partial charge in [0, 0.05) is 69.8 Å². The van der Waals surface area contributed by atoms with Crippen LogP contribution in [0.5, 0.6) is 5.75 Å². The van der Waals surface area contributed by atoms with Crippen molar-refractivity contribution >= 4 is 38.3 Å². The van der Waals surface area contributed by atoms with Crippen molar-refractivity contribution in [1.82, 2.24) is 24.3 Å². The molecule has 240 valence electrons. The fourth-order valence-electron chi connectivity index (χ4n) is 6.49. The molecule has 0 aliphatic carbocycles. The van der Waals surface area contributed by atoms with Gasteiger partial charge in [-0.3, -0.25) is 4.90 Å². The van der Waals surface area contributed by atoms with E-state index in [1.54, 1.807) is 33.1 Å². The number of nitrogens with one attached hydrogen (secondary N) is 1. The molecule has 45 heavy (non-hydrogen) atoms. The molecule has 6 rings (SSSR count). The fourth-order valence-corrected chi connectivity index (χ4v) is 7.77. The van der Waals surface area contributed by atoms with E-state index < -0.39 is 15.1 Å². The second kappa shape index (κ2) is 12.9. The highest BCUT2D eigenvalue weighted by Gasteiger charge is 2.27. The van der Waals surface area contributed by atoms with E-state index in [-0.39, 0.29) is 12.5 Å². The molecule has 3 N–H and O–H groups in total. The van der Waals surface area contributed by atoms with Crippen LogP contribution in [-0.2, 0) is 16.4 Å². The van der Waals surface area contributed by atoms with Gasteiger partial charge in [0.15, 0.2) is 15.7 Å². The summed E-state index contributed by atoms with van der Waals surface area (Å²) >= 11 is 0. The van der Waals surface area contributed by atoms with Crippen LogP contribution < -0.4 is 20.7 Å². The van der Waals surface area contributed by atoms with Gasteiger partial charge in [-0.05, 0) is 63.6 Å². The van der Waals surface area contributed by atoms with Crippen molar-refractivity contribution in [3.8, 4) is 11.4 Å². The Bertz CT molecular complexity index is 1760. The third-order valence-corrected chi connectivity index (χ3v) is 11.5. The molecule has 4 aromatic rings. The van der Waals surface area contributed by atoms with Crippen molar-refractivity contribution in [2.24, 2.45) is 0 Å². The minimum atomic E-state index is -3.46. The third kappa shape index (κ3) is 6.31. The molecule has 2 aliphatic rings. The minimum absolute atomic E-state index is 0.133. The number of methoxy groups -OCH3 is 1. The van der Waals surface area contributed by atoms with Crippen molar-refractivity contribution in [3.63, 3.8) is 0 Å². The van der Waals surface area contributed by atoms with Crippen LogP contribution in [0.1, 0.15) is 32.3 Å². The topological polar surface area (TPSA) is 122 Å². The molecule has 12 heteroatoms. The first-order valence-corrected chi connectivity index (χ1v) is 17.3. The highest BCUT2D eigenvalue weighted by atomic mass is 32.2. The van der Waals surface area contributed by atoms with Gasteiger partial charge in [0.2, 0.25) is 5.95 Å². The highest BCUT2D eigenvalue weighted by Crippen LogP contribution is 2.35. The lowest BCUT2D eigenvalue weighted by Gasteiger charge is -2.42. The van der Waals surface area contributed by atoms with Crippen molar-refractivity contribution in [2.45, 2.75) is 49.4 Å². The SMILES string of the molecule is COc1cc(N2CCC(N3CCN(C)CC3)CC2)ccc1-n1ccc2nc(N)nc(NCc3ccccc3S(=O)(=O)C(C)C)c21. The van der Waals surface area contributed by atoms with Gasteiger partial charge in [-0.1, -0.05) is 18.2 Å². The summed E-state index contributed by atoms with van der Waals surface area (Å²) < 4.78 is 34.0. The number of nitrogen functional groups attached to an aromatic ring is 1. The average molecular weight is 633 g/mol. The first-order chi connectivity index (χ1) is 21.7. The van der Waals surface area contributed by atoms with Gasteiger partial charge in [-0.15, -0.1) is 0 Å². The Labute approximate surface area is 265 Å². The van der Waals surface area contributed by atoms with Crippen LogP contribution in [-0.4, -0.2) is 97.5 Å². The molecule has 0 spiro atoms. The molecule has 2 aromatic carbocycles. The number of likely N-dealkylation sites (N-methyl/N-ethyl adjacent to an activating group) is 1. The van der Waals surface area contributed by atoms with E-state index in [0.717, 1.165) is 74.8 Å². The van der Waals surface area contributed by atoms with Crippen LogP contribution in [0.4, 0.5) is 17.5 Å². The first kappa shape index (κ1) is 31.1. The Hall–Kier alpha value is -3.87. The second-order valence-electron chi connectivity index (χ2n) is 12.3. The monoisotopic (exact) mass is 632 g/mol. The molecule has 0 saturated carbocycles. The predicted molar refractivity (Wildman–Crippen MR) is 180 cm³/mol. The Morgan fingerprint density at radius 3 is 2.44 bits per heavy atom. The number of fused-ring (bicyclic) bond motifs is 1. The van der Waals surface area contributed by atoms with E-state index in [1.807, 2.05) is 29.0 Å². The molecule has 0 bridgehead atoms. The van der Waals surface area contributed by atoms with Crippen molar-refractivity contribution < 1.29 is 13.2 Å². The molecular formula is C33H44N8O3S. The zero-order valence-electron chi connectivity index (χ0n) is 26.6. The van der Waals surface area contributed by atoms with Gasteiger partial charge in [-0.2, -0.15) is 4.98 Å². The van der Waals surface area contributed by atoms with Gasteiger partial charge in [0.1, 0.15) is 11.3 Å². The Kier molecular flexibility index (Phi) is 8.89. The van der Waals surface area contributed by atoms with Crippen LogP contribution >= 0.6 is 0 Å². The molecule has 11 nitrogen and oxygen atoms in total. The van der Waals surface area contributed by atoms with Gasteiger partial charge in [-0.25, -0.2) is 13.4 Å². The number of benzene rings is 2. The molecular weight excluding hydrogens is 588 g/mol. The Balaban J connectivity index is 1.25. The lowest BCUT2D eigenvalue weighted by atomic mass is 10.0. The van der Waals surface area contributed by atoms with E-state index in [1.165, 1.54) is 0 Å². The molecule has 2 saturated heterocycles. The summed E-state index contributed by atoms with van der Waals surface area (Å²) in [7, 11) is 0.429. The van der Waals surface area contributed by atoms with E-state index in [9.17, 15) is 8.42 Å². The minimum Gasteiger partial charge on any atom is -0.494 e. The maximum atomic E-state index is 13.0. The smallest absolute Gasteiger partial charge is 0.222 e. The van der Waals surface area contributed by atoms with E-state index in [2.05, 4.69) is 55.2 Å². The van der Waals surface area contributed by atoms with Crippen molar-refractivity contribution in [2.75, 3.05) is 69.4 Å². The van der Waals surface area contributed by atoms with Gasteiger partial charge >= 0.3 is 0 Å². The number of rotatable bonds is 9. The molecule has 4 heterocycles. The van der Waals surface area contributed by atoms with E-state index >= 15 is 0 Å². The van der Waals surface area contributed by atoms with Gasteiger partial charge in [0.25, 0.3) is 0 Å². The maximum absolute atomic E-state index is 13.0. The summed E-state index contributed by atoms with van der Waals surface area (Å²) in [5.74, 6) is 1.38. The van der Waals surface area contributed by atoms with E-state index in [0.29, 0.717) is 27.8 Å². The quantitative estimate of drug-likeness (QED) is 0.280. The van der Waals surface area contributed by atoms with Crippen LogP contribution in [0.15, 0.2) is 59.6 Å². The zero-order valence-corrected chi connectivity index (χ0v) is 27.4. The van der Waals surface area contributed by atoms with Gasteiger partial charge in [0.05, 0.1) is 28.5 Å². The second-order valence-corrected chi connectivity index (χ2v) is 14.8. The summed E-state index contributed by atoms with van der Waals surface area (Å²) in [6.45, 7) is 10.3. The van der Waals surface area contributed by atoms with Crippen LogP contribution in [0.2, 0.25) is 0 Å². The van der Waals surface area contributed by atoms with Crippen molar-refractivity contribution in [3.05, 3.63) is 60.3 Å². The molecule has 0 amide bonds.